The number of fused-ring (bicyclic) bond motifs is 1. The molecule has 0 spiro atoms. The Hall–Kier alpha value is -3.34. The first kappa shape index (κ1) is 24.4. The number of hydrogen-bond acceptors (Lipinski definition) is 8. The van der Waals surface area contributed by atoms with Crippen molar-refractivity contribution >= 4 is 44.4 Å². The van der Waals surface area contributed by atoms with Gasteiger partial charge in [0.05, 0.1) is 16.2 Å². The molecule has 1 saturated carbocycles. The highest BCUT2D eigenvalue weighted by Gasteiger charge is 2.20. The van der Waals surface area contributed by atoms with Gasteiger partial charge < -0.3 is 11.1 Å². The molecule has 2 aromatic carbocycles. The number of anilines is 2. The van der Waals surface area contributed by atoms with E-state index in [1.165, 1.54) is 12.1 Å². The number of rotatable bonds is 6. The first-order valence-electron chi connectivity index (χ1n) is 11.7. The molecular formula is C25H26ClN7O2S. The van der Waals surface area contributed by atoms with Crippen LogP contribution in [0.3, 0.4) is 0 Å². The number of benzene rings is 2. The van der Waals surface area contributed by atoms with Crippen molar-refractivity contribution in [1.82, 2.24) is 19.9 Å². The molecule has 0 amide bonds. The standard InChI is InChI=1S/C25H26ClN7O2S/c1-15-20(14-29-25(30-15)33-36(34,35)23-5-3-2-4-21(23)26)16-6-11-22-17(12-16)13-28-24(32-22)31-19-9-7-18(27)8-10-19/h2-6,11-14,18-19H,7-10,27H2,1H3,(H,28,31,32)(H,29,30,33). The number of nitrogens with zero attached hydrogens (tertiary/aromatic N) is 4. The van der Waals surface area contributed by atoms with Gasteiger partial charge >= 0.3 is 0 Å². The van der Waals surface area contributed by atoms with Crippen LogP contribution in [0.1, 0.15) is 31.4 Å². The molecule has 0 aliphatic heterocycles. The smallest absolute Gasteiger partial charge is 0.265 e. The fraction of sp³-hybridized carbons (Fsp3) is 0.280. The van der Waals surface area contributed by atoms with Gasteiger partial charge in [-0.25, -0.2) is 33.1 Å². The Bertz CT molecular complexity index is 1520. The molecule has 5 rings (SSSR count). The average Bonchev–Trinajstić information content (AvgIpc) is 2.85. The minimum atomic E-state index is -3.92. The third kappa shape index (κ3) is 5.25. The van der Waals surface area contributed by atoms with Gasteiger partial charge in [-0.2, -0.15) is 0 Å². The Morgan fingerprint density at radius 2 is 1.72 bits per heavy atom. The van der Waals surface area contributed by atoms with Crippen molar-refractivity contribution in [3.05, 3.63) is 65.6 Å². The molecule has 9 nitrogen and oxygen atoms in total. The van der Waals surface area contributed by atoms with Crippen LogP contribution in [0.15, 0.2) is 59.8 Å². The Kier molecular flexibility index (Phi) is 6.74. The van der Waals surface area contributed by atoms with Gasteiger partial charge in [-0.1, -0.05) is 29.8 Å². The number of aromatic nitrogens is 4. The third-order valence-corrected chi connectivity index (χ3v) is 8.15. The number of aryl methyl sites for hydroxylation is 1. The van der Waals surface area contributed by atoms with Crippen molar-refractivity contribution in [2.75, 3.05) is 10.0 Å². The zero-order valence-electron chi connectivity index (χ0n) is 19.6. The predicted molar refractivity (Wildman–Crippen MR) is 141 cm³/mol. The van der Waals surface area contributed by atoms with Crippen molar-refractivity contribution in [2.24, 2.45) is 5.73 Å². The van der Waals surface area contributed by atoms with Crippen LogP contribution in [0.25, 0.3) is 22.0 Å². The summed E-state index contributed by atoms with van der Waals surface area (Å²) in [5.74, 6) is 0.588. The Morgan fingerprint density at radius 1 is 0.972 bits per heavy atom. The van der Waals surface area contributed by atoms with Gasteiger partial charge in [-0.3, -0.25) is 0 Å². The van der Waals surface area contributed by atoms with Crippen LogP contribution in [-0.2, 0) is 10.0 Å². The summed E-state index contributed by atoms with van der Waals surface area (Å²) in [7, 11) is -3.92. The highest BCUT2D eigenvalue weighted by molar-refractivity contribution is 7.92. The van der Waals surface area contributed by atoms with Gasteiger partial charge in [0.25, 0.3) is 10.0 Å². The van der Waals surface area contributed by atoms with Crippen molar-refractivity contribution in [2.45, 2.75) is 49.6 Å². The lowest BCUT2D eigenvalue weighted by molar-refractivity contribution is 0.410. The van der Waals surface area contributed by atoms with Crippen molar-refractivity contribution in [3.63, 3.8) is 0 Å². The van der Waals surface area contributed by atoms with Crippen LogP contribution in [0.5, 0.6) is 0 Å². The molecule has 11 heteroatoms. The van der Waals surface area contributed by atoms with Crippen LogP contribution < -0.4 is 15.8 Å². The summed E-state index contributed by atoms with van der Waals surface area (Å²) in [6.45, 7) is 1.80. The zero-order valence-corrected chi connectivity index (χ0v) is 21.2. The van der Waals surface area contributed by atoms with Crippen LogP contribution >= 0.6 is 11.6 Å². The fourth-order valence-electron chi connectivity index (χ4n) is 4.35. The number of nitrogens with one attached hydrogen (secondary N) is 2. The van der Waals surface area contributed by atoms with Crippen LogP contribution in [0.4, 0.5) is 11.9 Å². The summed E-state index contributed by atoms with van der Waals surface area (Å²) >= 11 is 6.04. The molecule has 0 atom stereocenters. The van der Waals surface area contributed by atoms with Crippen molar-refractivity contribution in [1.29, 1.82) is 0 Å². The molecule has 2 aromatic heterocycles. The maximum absolute atomic E-state index is 12.7. The van der Waals surface area contributed by atoms with Crippen LogP contribution in [-0.4, -0.2) is 40.4 Å². The summed E-state index contributed by atoms with van der Waals surface area (Å²) in [5, 5.41) is 4.43. The summed E-state index contributed by atoms with van der Waals surface area (Å²) in [4.78, 5) is 17.7. The highest BCUT2D eigenvalue weighted by atomic mass is 35.5. The van der Waals surface area contributed by atoms with Gasteiger partial charge in [0, 0.05) is 35.4 Å². The predicted octanol–water partition coefficient (Wildman–Crippen LogP) is 4.53. The van der Waals surface area contributed by atoms with Gasteiger partial charge in [0.2, 0.25) is 11.9 Å². The normalized spacial score (nSPS) is 18.2. The van der Waals surface area contributed by atoms with E-state index in [0.717, 1.165) is 47.7 Å². The number of hydrogen-bond donors (Lipinski definition) is 3. The lowest BCUT2D eigenvalue weighted by Gasteiger charge is -2.26. The number of halogens is 1. The molecule has 0 saturated heterocycles. The molecule has 2 heterocycles. The minimum absolute atomic E-state index is 0.0281. The molecule has 36 heavy (non-hydrogen) atoms. The van der Waals surface area contributed by atoms with E-state index < -0.39 is 10.0 Å². The van der Waals surface area contributed by atoms with Gasteiger partial charge in [0.1, 0.15) is 4.90 Å². The van der Waals surface area contributed by atoms with E-state index in [1.54, 1.807) is 31.5 Å². The second kappa shape index (κ2) is 9.96. The first-order chi connectivity index (χ1) is 17.3. The van der Waals surface area contributed by atoms with E-state index in [2.05, 4.69) is 30.0 Å². The Labute approximate surface area is 214 Å². The molecule has 1 fully saturated rings. The molecular weight excluding hydrogens is 498 g/mol. The second-order valence-electron chi connectivity index (χ2n) is 8.95. The molecule has 0 radical (unpaired) electrons. The highest BCUT2D eigenvalue weighted by Crippen LogP contribution is 2.28. The summed E-state index contributed by atoms with van der Waals surface area (Å²) in [5.41, 5.74) is 9.10. The van der Waals surface area contributed by atoms with E-state index in [1.807, 2.05) is 18.2 Å². The lowest BCUT2D eigenvalue weighted by atomic mass is 9.92. The van der Waals surface area contributed by atoms with E-state index in [0.29, 0.717) is 23.7 Å². The average molecular weight is 524 g/mol. The number of sulfonamides is 1. The minimum Gasteiger partial charge on any atom is -0.351 e. The third-order valence-electron chi connectivity index (χ3n) is 6.33. The maximum Gasteiger partial charge on any atom is 0.265 e. The molecule has 1 aliphatic carbocycles. The molecule has 0 unspecified atom stereocenters. The second-order valence-corrected chi connectivity index (χ2v) is 11.0. The topological polar surface area (TPSA) is 136 Å². The quantitative estimate of drug-likeness (QED) is 0.335. The molecule has 4 aromatic rings. The summed E-state index contributed by atoms with van der Waals surface area (Å²) < 4.78 is 27.8. The van der Waals surface area contributed by atoms with Crippen LogP contribution in [0.2, 0.25) is 5.02 Å². The Morgan fingerprint density at radius 3 is 2.47 bits per heavy atom. The van der Waals surface area contributed by atoms with Gasteiger partial charge in [-0.05, 0) is 62.4 Å². The number of nitrogens with two attached hydrogens (primary N) is 1. The maximum atomic E-state index is 12.7. The van der Waals surface area contributed by atoms with Crippen molar-refractivity contribution < 1.29 is 8.42 Å². The molecule has 186 valence electrons. The monoisotopic (exact) mass is 523 g/mol. The van der Waals surface area contributed by atoms with Crippen LogP contribution in [0, 0.1) is 6.92 Å². The molecule has 4 N–H and O–H groups in total. The van der Waals surface area contributed by atoms with Crippen molar-refractivity contribution in [3.8, 4) is 11.1 Å². The fourth-order valence-corrected chi connectivity index (χ4v) is 5.83. The zero-order chi connectivity index (χ0) is 25.3. The summed E-state index contributed by atoms with van der Waals surface area (Å²) in [6.07, 6.45) is 7.45. The van der Waals surface area contributed by atoms with E-state index in [-0.39, 0.29) is 15.9 Å². The van der Waals surface area contributed by atoms with Gasteiger partial charge in [0.15, 0.2) is 0 Å². The van der Waals surface area contributed by atoms with E-state index in [4.69, 9.17) is 17.3 Å². The first-order valence-corrected chi connectivity index (χ1v) is 13.5. The largest absolute Gasteiger partial charge is 0.351 e. The summed E-state index contributed by atoms with van der Waals surface area (Å²) in [6, 6.07) is 12.7. The van der Waals surface area contributed by atoms with E-state index >= 15 is 0 Å². The lowest BCUT2D eigenvalue weighted by Crippen LogP contribution is -2.33. The molecule has 1 aliphatic rings. The SMILES string of the molecule is Cc1nc(NS(=O)(=O)c2ccccc2Cl)ncc1-c1ccc2nc(NC3CCC(N)CC3)ncc2c1. The Balaban J connectivity index is 1.34. The van der Waals surface area contributed by atoms with E-state index in [9.17, 15) is 8.42 Å². The molecule has 0 bridgehead atoms. The van der Waals surface area contributed by atoms with Gasteiger partial charge in [-0.15, -0.1) is 0 Å².